The van der Waals surface area contributed by atoms with Gasteiger partial charge in [-0.2, -0.15) is 9.61 Å². The first-order valence-electron chi connectivity index (χ1n) is 12.8. The number of hydrogen-bond donors (Lipinski definition) is 2. The van der Waals surface area contributed by atoms with Crippen molar-refractivity contribution < 1.29 is 4.79 Å². The smallest absolute Gasteiger partial charge is 0.315 e. The number of nitrogen functional groups attached to an aromatic ring is 1. The lowest BCUT2D eigenvalue weighted by atomic mass is 9.85. The molecule has 3 aliphatic rings. The molecule has 7 rings (SSSR count). The molecule has 1 unspecified atom stereocenters. The van der Waals surface area contributed by atoms with E-state index in [1.807, 2.05) is 41.6 Å². The minimum atomic E-state index is -0.296. The van der Waals surface area contributed by atoms with Crippen molar-refractivity contribution in [2.75, 3.05) is 5.73 Å². The van der Waals surface area contributed by atoms with E-state index >= 15 is 0 Å². The Hall–Kier alpha value is -3.94. The number of nitrogens with two attached hydrogens (primary N) is 2. The minimum Gasteiger partial charge on any atom is -0.383 e. The molecule has 4 aromatic rings. The van der Waals surface area contributed by atoms with Crippen LogP contribution in [0.2, 0.25) is 0 Å². The second-order valence-electron chi connectivity index (χ2n) is 10.5. The summed E-state index contributed by atoms with van der Waals surface area (Å²) in [6.07, 6.45) is 9.80. The van der Waals surface area contributed by atoms with Crippen LogP contribution in [0, 0.1) is 0 Å². The summed E-state index contributed by atoms with van der Waals surface area (Å²) in [5.41, 5.74) is 19.4. The maximum atomic E-state index is 12.0. The van der Waals surface area contributed by atoms with Crippen LogP contribution >= 0.6 is 0 Å². The molecule has 182 valence electrons. The number of primary amides is 1. The molecule has 2 aliphatic heterocycles. The van der Waals surface area contributed by atoms with Crippen LogP contribution < -0.4 is 11.5 Å². The molecule has 2 amide bonds. The normalized spacial score (nSPS) is 23.3. The molecule has 0 radical (unpaired) electrons. The number of pyridine rings is 1. The Morgan fingerprint density at radius 3 is 2.28 bits per heavy atom. The molecular weight excluding hydrogens is 450 g/mol. The standard InChI is InChI=1S/C28H29N7O/c29-26-24(17-6-7-17)25(19-12-20-9-10-21(13-19)34(20)28(30)36)33-27-22(15-32-35(26)27)18-8-11-23(31-14-18)16-4-2-1-3-5-16/h1-5,8,11,14-15,17,19-21H,6-7,9-10,12-13,29H2,(H2,30,36)/t19-,20+,21?/m1/s1. The zero-order chi connectivity index (χ0) is 24.4. The lowest BCUT2D eigenvalue weighted by Gasteiger charge is -2.38. The Kier molecular flexibility index (Phi) is 4.77. The lowest BCUT2D eigenvalue weighted by Crippen LogP contribution is -2.48. The van der Waals surface area contributed by atoms with Gasteiger partial charge < -0.3 is 16.4 Å². The second kappa shape index (κ2) is 8.05. The Labute approximate surface area is 209 Å². The van der Waals surface area contributed by atoms with Crippen LogP contribution in [0.5, 0.6) is 0 Å². The summed E-state index contributed by atoms with van der Waals surface area (Å²) in [6.45, 7) is 0. The van der Waals surface area contributed by atoms with E-state index in [-0.39, 0.29) is 24.0 Å². The van der Waals surface area contributed by atoms with Gasteiger partial charge in [0.2, 0.25) is 0 Å². The Balaban J connectivity index is 1.30. The highest BCUT2D eigenvalue weighted by Gasteiger charge is 2.45. The molecular formula is C28H29N7O. The topological polar surface area (TPSA) is 115 Å². The molecule has 1 saturated carbocycles. The van der Waals surface area contributed by atoms with E-state index in [0.717, 1.165) is 77.8 Å². The van der Waals surface area contributed by atoms with Crippen molar-refractivity contribution in [2.45, 2.75) is 62.4 Å². The van der Waals surface area contributed by atoms with Crippen molar-refractivity contribution in [1.29, 1.82) is 0 Å². The monoisotopic (exact) mass is 479 g/mol. The van der Waals surface area contributed by atoms with Crippen molar-refractivity contribution in [3.05, 3.63) is 66.1 Å². The van der Waals surface area contributed by atoms with E-state index in [2.05, 4.69) is 23.3 Å². The average Bonchev–Trinajstić information content (AvgIpc) is 3.58. The Bertz CT molecular complexity index is 1450. The number of piperidine rings is 1. The summed E-state index contributed by atoms with van der Waals surface area (Å²) in [5, 5.41) is 4.64. The summed E-state index contributed by atoms with van der Waals surface area (Å²) in [5.74, 6) is 1.41. The number of hydrogen-bond acceptors (Lipinski definition) is 5. The van der Waals surface area contributed by atoms with Crippen LogP contribution in [-0.4, -0.2) is 42.6 Å². The Morgan fingerprint density at radius 1 is 0.889 bits per heavy atom. The summed E-state index contributed by atoms with van der Waals surface area (Å²) in [4.78, 5) is 23.9. The molecule has 3 aromatic heterocycles. The summed E-state index contributed by atoms with van der Waals surface area (Å²) < 4.78 is 1.80. The van der Waals surface area contributed by atoms with Gasteiger partial charge in [0.1, 0.15) is 5.82 Å². The first kappa shape index (κ1) is 21.4. The number of benzene rings is 1. The minimum absolute atomic E-state index is 0.191. The number of carbonyl (C=O) groups excluding carboxylic acids is 1. The van der Waals surface area contributed by atoms with E-state index in [0.29, 0.717) is 11.7 Å². The quantitative estimate of drug-likeness (QED) is 0.440. The van der Waals surface area contributed by atoms with E-state index in [9.17, 15) is 4.79 Å². The lowest BCUT2D eigenvalue weighted by molar-refractivity contribution is 0.145. The molecule has 3 atom stereocenters. The van der Waals surface area contributed by atoms with Gasteiger partial charge >= 0.3 is 6.03 Å². The molecule has 4 N–H and O–H groups in total. The number of urea groups is 1. The van der Waals surface area contributed by atoms with Gasteiger partial charge in [-0.15, -0.1) is 0 Å². The van der Waals surface area contributed by atoms with E-state index < -0.39 is 0 Å². The molecule has 3 fully saturated rings. The number of aromatic nitrogens is 4. The van der Waals surface area contributed by atoms with Gasteiger partial charge in [-0.25, -0.2) is 9.78 Å². The summed E-state index contributed by atoms with van der Waals surface area (Å²) in [7, 11) is 0. The molecule has 1 aromatic carbocycles. The maximum Gasteiger partial charge on any atom is 0.315 e. The van der Waals surface area contributed by atoms with Crippen LogP contribution in [0.25, 0.3) is 28.0 Å². The van der Waals surface area contributed by atoms with Crippen molar-refractivity contribution in [2.24, 2.45) is 5.73 Å². The Morgan fingerprint density at radius 2 is 1.64 bits per heavy atom. The van der Waals surface area contributed by atoms with Crippen molar-refractivity contribution in [3.63, 3.8) is 0 Å². The van der Waals surface area contributed by atoms with Gasteiger partial charge in [0, 0.05) is 46.5 Å². The number of rotatable bonds is 4. The van der Waals surface area contributed by atoms with Crippen LogP contribution in [0.1, 0.15) is 61.6 Å². The van der Waals surface area contributed by atoms with Crippen LogP contribution in [0.4, 0.5) is 10.6 Å². The molecule has 5 heterocycles. The first-order valence-corrected chi connectivity index (χ1v) is 12.8. The van der Waals surface area contributed by atoms with E-state index in [1.165, 1.54) is 0 Å². The number of nitrogens with zero attached hydrogens (tertiary/aromatic N) is 5. The maximum absolute atomic E-state index is 12.0. The number of anilines is 1. The highest BCUT2D eigenvalue weighted by molar-refractivity contribution is 5.79. The van der Waals surface area contributed by atoms with Crippen LogP contribution in [0.3, 0.4) is 0 Å². The second-order valence-corrected chi connectivity index (χ2v) is 10.5. The molecule has 1 aliphatic carbocycles. The highest BCUT2D eigenvalue weighted by atomic mass is 16.2. The predicted octanol–water partition coefficient (Wildman–Crippen LogP) is 4.71. The summed E-state index contributed by atoms with van der Waals surface area (Å²) in [6, 6.07) is 14.3. The van der Waals surface area contributed by atoms with Crippen molar-refractivity contribution in [1.82, 2.24) is 24.5 Å². The molecule has 2 saturated heterocycles. The fourth-order valence-electron chi connectivity index (χ4n) is 6.44. The van der Waals surface area contributed by atoms with Crippen LogP contribution in [0.15, 0.2) is 54.9 Å². The van der Waals surface area contributed by atoms with Crippen molar-refractivity contribution >= 4 is 17.5 Å². The molecule has 36 heavy (non-hydrogen) atoms. The van der Waals surface area contributed by atoms with Gasteiger partial charge in [-0.3, -0.25) is 4.98 Å². The van der Waals surface area contributed by atoms with E-state index in [4.69, 9.17) is 21.4 Å². The third kappa shape index (κ3) is 3.35. The van der Waals surface area contributed by atoms with Crippen molar-refractivity contribution in [3.8, 4) is 22.4 Å². The molecule has 0 spiro atoms. The first-order chi connectivity index (χ1) is 17.6. The largest absolute Gasteiger partial charge is 0.383 e. The zero-order valence-corrected chi connectivity index (χ0v) is 20.0. The number of amides is 2. The molecule has 8 heteroatoms. The molecule has 2 bridgehead atoms. The fraction of sp³-hybridized carbons (Fsp3) is 0.357. The van der Waals surface area contributed by atoms with Gasteiger partial charge in [-0.05, 0) is 50.5 Å². The van der Waals surface area contributed by atoms with Gasteiger partial charge in [0.15, 0.2) is 5.65 Å². The summed E-state index contributed by atoms with van der Waals surface area (Å²) >= 11 is 0. The predicted molar refractivity (Wildman–Crippen MR) is 138 cm³/mol. The van der Waals surface area contributed by atoms with E-state index in [1.54, 1.807) is 4.52 Å². The van der Waals surface area contributed by atoms with Gasteiger partial charge in [0.05, 0.1) is 17.6 Å². The third-order valence-electron chi connectivity index (χ3n) is 8.25. The number of fused-ring (bicyclic) bond motifs is 3. The highest BCUT2D eigenvalue weighted by Crippen LogP contribution is 2.50. The number of carbonyl (C=O) groups is 1. The fourth-order valence-corrected chi connectivity index (χ4v) is 6.44. The van der Waals surface area contributed by atoms with Gasteiger partial charge in [-0.1, -0.05) is 36.4 Å². The molecule has 8 nitrogen and oxygen atoms in total. The zero-order valence-electron chi connectivity index (χ0n) is 20.0. The van der Waals surface area contributed by atoms with Crippen LogP contribution in [-0.2, 0) is 0 Å². The SMILES string of the molecule is NC(=O)N1C2CC[C@H]1C[C@@H](c1nc3c(-c4ccc(-c5ccccc5)nc4)cnn3c(N)c1C1CC1)C2. The van der Waals surface area contributed by atoms with Gasteiger partial charge in [0.25, 0.3) is 0 Å². The third-order valence-corrected chi connectivity index (χ3v) is 8.25. The average molecular weight is 480 g/mol.